The van der Waals surface area contributed by atoms with Crippen molar-refractivity contribution in [2.75, 3.05) is 45.8 Å². The van der Waals surface area contributed by atoms with Gasteiger partial charge < -0.3 is 4.90 Å². The summed E-state index contributed by atoms with van der Waals surface area (Å²) in [7, 11) is 0. The highest BCUT2D eigenvalue weighted by atomic mass is 16.2. The van der Waals surface area contributed by atoms with Crippen LogP contribution in [0.25, 0.3) is 0 Å². The van der Waals surface area contributed by atoms with E-state index in [9.17, 15) is 4.79 Å². The zero-order chi connectivity index (χ0) is 13.9. The number of hydrogen-bond acceptors (Lipinski definition) is 4. The van der Waals surface area contributed by atoms with Crippen molar-refractivity contribution < 1.29 is 4.79 Å². The second-order valence-corrected chi connectivity index (χ2v) is 6.02. The van der Waals surface area contributed by atoms with Gasteiger partial charge >= 0.3 is 0 Å². The first kappa shape index (κ1) is 14.3. The van der Waals surface area contributed by atoms with Crippen molar-refractivity contribution in [1.82, 2.24) is 14.7 Å². The number of amides is 1. The van der Waals surface area contributed by atoms with E-state index in [4.69, 9.17) is 5.26 Å². The summed E-state index contributed by atoms with van der Waals surface area (Å²) in [5, 5.41) is 9.14. The lowest BCUT2D eigenvalue weighted by molar-refractivity contribution is -0.131. The number of nitrogens with zero attached hydrogens (tertiary/aromatic N) is 4. The van der Waals surface area contributed by atoms with E-state index >= 15 is 0 Å². The Balaban J connectivity index is 1.77. The van der Waals surface area contributed by atoms with Gasteiger partial charge in [0, 0.05) is 39.3 Å². The Morgan fingerprint density at radius 1 is 1.11 bits per heavy atom. The molecule has 0 saturated carbocycles. The van der Waals surface area contributed by atoms with E-state index in [-0.39, 0.29) is 5.91 Å². The molecule has 0 atom stereocenters. The molecular formula is C14H24N4O. The van der Waals surface area contributed by atoms with Crippen LogP contribution in [-0.4, -0.2) is 72.0 Å². The van der Waals surface area contributed by atoms with Gasteiger partial charge in [0.25, 0.3) is 0 Å². The maximum absolute atomic E-state index is 12.1. The molecule has 0 N–H and O–H groups in total. The molecule has 0 aromatic heterocycles. The van der Waals surface area contributed by atoms with Crippen LogP contribution in [0.3, 0.4) is 0 Å². The Bertz CT molecular complexity index is 360. The molecule has 0 radical (unpaired) electrons. The van der Waals surface area contributed by atoms with Crippen LogP contribution in [0, 0.1) is 11.3 Å². The van der Waals surface area contributed by atoms with Gasteiger partial charge in [0.2, 0.25) is 5.91 Å². The molecule has 0 spiro atoms. The summed E-state index contributed by atoms with van der Waals surface area (Å²) in [6.45, 7) is 9.81. The van der Waals surface area contributed by atoms with Crippen LogP contribution in [0.2, 0.25) is 0 Å². The second-order valence-electron chi connectivity index (χ2n) is 6.02. The molecular weight excluding hydrogens is 240 g/mol. The highest BCUT2D eigenvalue weighted by Crippen LogP contribution is 2.16. The Morgan fingerprint density at radius 2 is 1.68 bits per heavy atom. The Kier molecular flexibility index (Phi) is 4.43. The smallest absolute Gasteiger partial charge is 0.236 e. The van der Waals surface area contributed by atoms with Crippen LogP contribution in [-0.2, 0) is 4.79 Å². The van der Waals surface area contributed by atoms with Crippen molar-refractivity contribution in [3.05, 3.63) is 0 Å². The molecule has 2 heterocycles. The molecule has 2 aliphatic rings. The molecule has 2 fully saturated rings. The van der Waals surface area contributed by atoms with Crippen LogP contribution >= 0.6 is 0 Å². The summed E-state index contributed by atoms with van der Waals surface area (Å²) in [5.41, 5.74) is -0.398. The Morgan fingerprint density at radius 3 is 2.21 bits per heavy atom. The molecule has 0 unspecified atom stereocenters. The zero-order valence-electron chi connectivity index (χ0n) is 12.1. The molecule has 0 aromatic rings. The van der Waals surface area contributed by atoms with Gasteiger partial charge in [-0.05, 0) is 26.7 Å². The molecule has 2 saturated heterocycles. The van der Waals surface area contributed by atoms with Gasteiger partial charge in [0.1, 0.15) is 5.54 Å². The number of carbonyl (C=O) groups is 1. The van der Waals surface area contributed by atoms with Crippen molar-refractivity contribution in [1.29, 1.82) is 5.26 Å². The van der Waals surface area contributed by atoms with E-state index in [0.717, 1.165) is 52.1 Å². The molecule has 2 aliphatic heterocycles. The van der Waals surface area contributed by atoms with Crippen LogP contribution in [0.1, 0.15) is 26.7 Å². The summed E-state index contributed by atoms with van der Waals surface area (Å²) in [6.07, 6.45) is 2.30. The lowest BCUT2D eigenvalue weighted by atomic mass is 10.0. The number of likely N-dealkylation sites (tertiary alicyclic amines) is 1. The number of carbonyl (C=O) groups excluding carboxylic acids is 1. The highest BCUT2D eigenvalue weighted by molar-refractivity contribution is 5.78. The van der Waals surface area contributed by atoms with E-state index in [1.807, 2.05) is 18.7 Å². The quantitative estimate of drug-likeness (QED) is 0.746. The molecule has 19 heavy (non-hydrogen) atoms. The van der Waals surface area contributed by atoms with E-state index in [0.29, 0.717) is 6.54 Å². The summed E-state index contributed by atoms with van der Waals surface area (Å²) in [5.74, 6) is 0.269. The minimum absolute atomic E-state index is 0.269. The highest BCUT2D eigenvalue weighted by Gasteiger charge is 2.30. The van der Waals surface area contributed by atoms with E-state index in [2.05, 4.69) is 15.9 Å². The fraction of sp³-hybridized carbons (Fsp3) is 0.857. The number of piperazine rings is 1. The minimum Gasteiger partial charge on any atom is -0.342 e. The van der Waals surface area contributed by atoms with Gasteiger partial charge in [-0.15, -0.1) is 0 Å². The van der Waals surface area contributed by atoms with Crippen molar-refractivity contribution in [3.63, 3.8) is 0 Å². The largest absolute Gasteiger partial charge is 0.342 e. The molecule has 5 nitrogen and oxygen atoms in total. The molecule has 5 heteroatoms. The van der Waals surface area contributed by atoms with Gasteiger partial charge in [-0.2, -0.15) is 5.26 Å². The van der Waals surface area contributed by atoms with Gasteiger partial charge in [0.05, 0.1) is 12.6 Å². The second kappa shape index (κ2) is 5.89. The normalized spacial score (nSPS) is 22.5. The predicted molar refractivity (Wildman–Crippen MR) is 73.5 cm³/mol. The third-order valence-corrected chi connectivity index (χ3v) is 4.25. The van der Waals surface area contributed by atoms with Crippen molar-refractivity contribution >= 4 is 5.91 Å². The van der Waals surface area contributed by atoms with Crippen molar-refractivity contribution in [2.24, 2.45) is 0 Å². The third-order valence-electron chi connectivity index (χ3n) is 4.25. The average Bonchev–Trinajstić information content (AvgIpc) is 2.93. The standard InChI is InChI=1S/C14H24N4O/c1-14(2,12-15)18-9-7-16(8-10-18)11-13(19)17-5-3-4-6-17/h3-11H2,1-2H3. The van der Waals surface area contributed by atoms with Gasteiger partial charge in [-0.25, -0.2) is 0 Å². The van der Waals surface area contributed by atoms with Gasteiger partial charge in [-0.3, -0.25) is 14.6 Å². The topological polar surface area (TPSA) is 50.6 Å². The molecule has 0 aromatic carbocycles. The monoisotopic (exact) mass is 264 g/mol. The Hall–Kier alpha value is -1.12. The zero-order valence-corrected chi connectivity index (χ0v) is 12.1. The first-order valence-corrected chi connectivity index (χ1v) is 7.19. The first-order chi connectivity index (χ1) is 9.03. The Labute approximate surface area is 115 Å². The van der Waals surface area contributed by atoms with Gasteiger partial charge in [-0.1, -0.05) is 0 Å². The molecule has 1 amide bonds. The van der Waals surface area contributed by atoms with E-state index in [1.165, 1.54) is 0 Å². The fourth-order valence-electron chi connectivity index (χ4n) is 2.79. The summed E-state index contributed by atoms with van der Waals surface area (Å²) < 4.78 is 0. The van der Waals surface area contributed by atoms with Crippen LogP contribution in [0.4, 0.5) is 0 Å². The summed E-state index contributed by atoms with van der Waals surface area (Å²) in [4.78, 5) is 18.5. The predicted octanol–water partition coefficient (Wildman–Crippen LogP) is 0.529. The molecule has 0 aliphatic carbocycles. The first-order valence-electron chi connectivity index (χ1n) is 7.19. The van der Waals surface area contributed by atoms with Crippen molar-refractivity contribution in [2.45, 2.75) is 32.2 Å². The van der Waals surface area contributed by atoms with Crippen LogP contribution < -0.4 is 0 Å². The third kappa shape index (κ3) is 3.46. The van der Waals surface area contributed by atoms with Crippen LogP contribution in [0.15, 0.2) is 0 Å². The summed E-state index contributed by atoms with van der Waals surface area (Å²) in [6, 6.07) is 2.34. The van der Waals surface area contributed by atoms with Crippen molar-refractivity contribution in [3.8, 4) is 6.07 Å². The van der Waals surface area contributed by atoms with E-state index in [1.54, 1.807) is 0 Å². The number of rotatable bonds is 3. The maximum atomic E-state index is 12.1. The number of hydrogen-bond donors (Lipinski definition) is 0. The molecule has 2 rings (SSSR count). The summed E-state index contributed by atoms with van der Waals surface area (Å²) >= 11 is 0. The lowest BCUT2D eigenvalue weighted by Crippen LogP contribution is -2.55. The average molecular weight is 264 g/mol. The SMILES string of the molecule is CC(C)(C#N)N1CCN(CC(=O)N2CCCC2)CC1. The number of nitriles is 1. The fourth-order valence-corrected chi connectivity index (χ4v) is 2.79. The van der Waals surface area contributed by atoms with Crippen LogP contribution in [0.5, 0.6) is 0 Å². The van der Waals surface area contributed by atoms with E-state index < -0.39 is 5.54 Å². The lowest BCUT2D eigenvalue weighted by Gasteiger charge is -2.40. The maximum Gasteiger partial charge on any atom is 0.236 e. The van der Waals surface area contributed by atoms with Gasteiger partial charge in [0.15, 0.2) is 0 Å². The molecule has 0 bridgehead atoms. The molecule has 106 valence electrons. The minimum atomic E-state index is -0.398.